The van der Waals surface area contributed by atoms with Crippen LogP contribution in [0.25, 0.3) is 0 Å². The summed E-state index contributed by atoms with van der Waals surface area (Å²) in [5, 5.41) is 11.6. The molecule has 1 atom stereocenters. The van der Waals surface area contributed by atoms with Gasteiger partial charge in [0.05, 0.1) is 6.42 Å². The number of thioether (sulfide) groups is 1. The Morgan fingerprint density at radius 1 is 1.24 bits per heavy atom. The number of benzene rings is 1. The largest absolute Gasteiger partial charge is 0.481 e. The van der Waals surface area contributed by atoms with E-state index in [9.17, 15) is 9.59 Å². The first-order chi connectivity index (χ1) is 12.0. The SMILES string of the molecule is CNCCC(=O)S.O=C(O)CC(Sc1ccccc1)c1cccnc1. The molecule has 2 rings (SSSR count). The highest BCUT2D eigenvalue weighted by molar-refractivity contribution is 7.99. The Morgan fingerprint density at radius 3 is 2.44 bits per heavy atom. The van der Waals surface area contributed by atoms with Gasteiger partial charge in [-0.15, -0.1) is 24.4 Å². The lowest BCUT2D eigenvalue weighted by molar-refractivity contribution is -0.137. The summed E-state index contributed by atoms with van der Waals surface area (Å²) >= 11 is 5.10. The van der Waals surface area contributed by atoms with Gasteiger partial charge in [-0.25, -0.2) is 0 Å². The summed E-state index contributed by atoms with van der Waals surface area (Å²) in [6, 6.07) is 13.5. The molecule has 25 heavy (non-hydrogen) atoms. The standard InChI is InChI=1S/C14H13NO2S.C4H9NOS/c16-14(17)9-13(11-5-4-8-15-10-11)18-12-6-2-1-3-7-12;1-5-3-2-4(6)7/h1-8,10,13H,9H2,(H,16,17);5H,2-3H2,1H3,(H,6,7). The van der Waals surface area contributed by atoms with Crippen LogP contribution < -0.4 is 5.32 Å². The van der Waals surface area contributed by atoms with Crippen molar-refractivity contribution in [1.29, 1.82) is 0 Å². The van der Waals surface area contributed by atoms with Gasteiger partial charge in [0.1, 0.15) is 0 Å². The molecule has 0 bridgehead atoms. The number of carboxylic acids is 1. The van der Waals surface area contributed by atoms with E-state index in [0.29, 0.717) is 6.42 Å². The van der Waals surface area contributed by atoms with Crippen molar-refractivity contribution in [3.63, 3.8) is 0 Å². The molecule has 0 aliphatic carbocycles. The Bertz CT molecular complexity index is 639. The van der Waals surface area contributed by atoms with Crippen LogP contribution in [0, 0.1) is 0 Å². The molecule has 2 aromatic rings. The lowest BCUT2D eigenvalue weighted by Gasteiger charge is -2.14. The minimum Gasteiger partial charge on any atom is -0.481 e. The van der Waals surface area contributed by atoms with Crippen molar-refractivity contribution in [3.8, 4) is 0 Å². The fraction of sp³-hybridized carbons (Fsp3) is 0.278. The highest BCUT2D eigenvalue weighted by atomic mass is 32.2. The molecule has 1 aromatic heterocycles. The van der Waals surface area contributed by atoms with E-state index in [-0.39, 0.29) is 16.8 Å². The normalized spacial score (nSPS) is 11.1. The Morgan fingerprint density at radius 2 is 1.96 bits per heavy atom. The van der Waals surface area contributed by atoms with E-state index >= 15 is 0 Å². The number of hydrogen-bond acceptors (Lipinski definition) is 5. The average molecular weight is 379 g/mol. The van der Waals surface area contributed by atoms with Gasteiger partial charge >= 0.3 is 5.97 Å². The van der Waals surface area contributed by atoms with Gasteiger partial charge in [-0.2, -0.15) is 0 Å². The molecule has 0 radical (unpaired) electrons. The third-order valence-electron chi connectivity index (χ3n) is 3.03. The average Bonchev–Trinajstić information content (AvgIpc) is 2.61. The van der Waals surface area contributed by atoms with E-state index in [0.717, 1.165) is 17.0 Å². The van der Waals surface area contributed by atoms with Gasteiger partial charge in [-0.05, 0) is 30.8 Å². The Kier molecular flexibility index (Phi) is 10.6. The maximum atomic E-state index is 10.9. The molecule has 1 aromatic carbocycles. The van der Waals surface area contributed by atoms with Crippen molar-refractivity contribution in [2.75, 3.05) is 13.6 Å². The number of pyridine rings is 1. The predicted molar refractivity (Wildman–Crippen MR) is 104 cm³/mol. The van der Waals surface area contributed by atoms with Crippen molar-refractivity contribution >= 4 is 35.5 Å². The molecule has 5 nitrogen and oxygen atoms in total. The lowest BCUT2D eigenvalue weighted by Crippen LogP contribution is -2.09. The van der Waals surface area contributed by atoms with E-state index in [1.165, 1.54) is 0 Å². The second-order valence-electron chi connectivity index (χ2n) is 5.05. The van der Waals surface area contributed by atoms with Gasteiger partial charge in [0.15, 0.2) is 5.12 Å². The van der Waals surface area contributed by atoms with E-state index in [2.05, 4.69) is 22.9 Å². The smallest absolute Gasteiger partial charge is 0.304 e. The van der Waals surface area contributed by atoms with Crippen LogP contribution in [0.15, 0.2) is 59.8 Å². The summed E-state index contributed by atoms with van der Waals surface area (Å²) < 4.78 is 0. The quantitative estimate of drug-likeness (QED) is 0.482. The highest BCUT2D eigenvalue weighted by Gasteiger charge is 2.17. The molecule has 0 saturated carbocycles. The van der Waals surface area contributed by atoms with Gasteiger partial charge in [-0.3, -0.25) is 14.6 Å². The summed E-state index contributed by atoms with van der Waals surface area (Å²) in [4.78, 5) is 26.1. The summed E-state index contributed by atoms with van der Waals surface area (Å²) in [6.07, 6.45) is 4.02. The lowest BCUT2D eigenvalue weighted by atomic mass is 10.1. The number of carbonyl (C=O) groups is 2. The highest BCUT2D eigenvalue weighted by Crippen LogP contribution is 2.37. The third-order valence-corrected chi connectivity index (χ3v) is 4.52. The number of hydrogen-bond donors (Lipinski definition) is 3. The molecule has 0 saturated heterocycles. The predicted octanol–water partition coefficient (Wildman–Crippen LogP) is 3.44. The first kappa shape index (κ1) is 21.2. The van der Waals surface area contributed by atoms with E-state index < -0.39 is 5.97 Å². The van der Waals surface area contributed by atoms with Crippen LogP contribution in [-0.2, 0) is 9.59 Å². The van der Waals surface area contributed by atoms with Crippen LogP contribution in [0.4, 0.5) is 0 Å². The molecule has 0 aliphatic heterocycles. The number of nitrogens with one attached hydrogen (secondary N) is 1. The number of thiol groups is 1. The first-order valence-electron chi connectivity index (χ1n) is 7.72. The van der Waals surface area contributed by atoms with Crippen LogP contribution in [0.5, 0.6) is 0 Å². The van der Waals surface area contributed by atoms with Gasteiger partial charge in [-0.1, -0.05) is 24.3 Å². The van der Waals surface area contributed by atoms with E-state index in [4.69, 9.17) is 5.11 Å². The molecule has 1 unspecified atom stereocenters. The molecule has 0 amide bonds. The van der Waals surface area contributed by atoms with Gasteiger partial charge < -0.3 is 10.4 Å². The van der Waals surface area contributed by atoms with Crippen LogP contribution in [0.3, 0.4) is 0 Å². The van der Waals surface area contributed by atoms with E-state index in [1.807, 2.05) is 42.5 Å². The number of aliphatic carboxylic acids is 1. The molecular formula is C18H22N2O3S2. The summed E-state index contributed by atoms with van der Waals surface area (Å²) in [5.74, 6) is -0.799. The molecule has 0 spiro atoms. The van der Waals surface area contributed by atoms with Crippen molar-refractivity contribution in [2.45, 2.75) is 23.0 Å². The molecule has 7 heteroatoms. The summed E-state index contributed by atoms with van der Waals surface area (Å²) in [7, 11) is 1.80. The number of nitrogens with zero attached hydrogens (tertiary/aromatic N) is 1. The van der Waals surface area contributed by atoms with Crippen LogP contribution in [0.1, 0.15) is 23.7 Å². The molecule has 1 heterocycles. The van der Waals surface area contributed by atoms with Crippen molar-refractivity contribution < 1.29 is 14.7 Å². The number of aromatic nitrogens is 1. The summed E-state index contributed by atoms with van der Waals surface area (Å²) in [5.41, 5.74) is 0.939. The van der Waals surface area contributed by atoms with Gasteiger partial charge in [0.25, 0.3) is 0 Å². The topological polar surface area (TPSA) is 79.3 Å². The Balaban J connectivity index is 0.000000381. The molecule has 0 aliphatic rings. The first-order valence-corrected chi connectivity index (χ1v) is 9.05. The van der Waals surface area contributed by atoms with Crippen LogP contribution in [-0.4, -0.2) is 34.8 Å². The van der Waals surface area contributed by atoms with Gasteiger partial charge in [0.2, 0.25) is 0 Å². The summed E-state index contributed by atoms with van der Waals surface area (Å²) in [6.45, 7) is 0.725. The van der Waals surface area contributed by atoms with Crippen molar-refractivity contribution in [1.82, 2.24) is 10.3 Å². The molecule has 134 valence electrons. The maximum Gasteiger partial charge on any atom is 0.304 e. The molecule has 0 fully saturated rings. The third kappa shape index (κ3) is 9.91. The fourth-order valence-electron chi connectivity index (χ4n) is 1.85. The molecular weight excluding hydrogens is 356 g/mol. The second kappa shape index (κ2) is 12.5. The Labute approximate surface area is 157 Å². The van der Waals surface area contributed by atoms with Crippen LogP contribution >= 0.6 is 24.4 Å². The number of carboxylic acid groups (broad SMARTS) is 1. The van der Waals surface area contributed by atoms with E-state index in [1.54, 1.807) is 31.2 Å². The minimum atomic E-state index is -0.799. The molecule has 2 N–H and O–H groups in total. The number of carbonyl (C=O) groups excluding carboxylic acids is 1. The fourth-order valence-corrected chi connectivity index (χ4v) is 3.10. The zero-order chi connectivity index (χ0) is 18.5. The minimum absolute atomic E-state index is 0.0608. The zero-order valence-electron chi connectivity index (χ0n) is 14.0. The van der Waals surface area contributed by atoms with Crippen LogP contribution in [0.2, 0.25) is 0 Å². The second-order valence-corrected chi connectivity index (χ2v) is 6.83. The monoisotopic (exact) mass is 378 g/mol. The maximum absolute atomic E-state index is 10.9. The van der Waals surface area contributed by atoms with Crippen molar-refractivity contribution in [3.05, 3.63) is 60.4 Å². The number of rotatable bonds is 8. The van der Waals surface area contributed by atoms with Crippen molar-refractivity contribution in [2.24, 2.45) is 0 Å². The van der Waals surface area contributed by atoms with Gasteiger partial charge in [0, 0.05) is 35.5 Å². The zero-order valence-corrected chi connectivity index (χ0v) is 15.7. The Hall–Kier alpha value is -1.83.